The van der Waals surface area contributed by atoms with Gasteiger partial charge in [-0.1, -0.05) is 19.3 Å². The summed E-state index contributed by atoms with van der Waals surface area (Å²) < 4.78 is 5.32. The van der Waals surface area contributed by atoms with E-state index < -0.39 is 5.60 Å². The molecule has 2 heterocycles. The molecule has 1 fully saturated rings. The van der Waals surface area contributed by atoms with Gasteiger partial charge in [0.2, 0.25) is 0 Å². The number of rotatable bonds is 4. The van der Waals surface area contributed by atoms with Gasteiger partial charge >= 0.3 is 0 Å². The van der Waals surface area contributed by atoms with Crippen molar-refractivity contribution in [3.8, 4) is 11.5 Å². The highest BCUT2D eigenvalue weighted by atomic mass is 16.3. The average Bonchev–Trinajstić information content (AvgIpc) is 3.08. The summed E-state index contributed by atoms with van der Waals surface area (Å²) in [6.45, 7) is 2.10. The number of carbonyl (C=O) groups excluding carboxylic acids is 1. The van der Waals surface area contributed by atoms with Crippen molar-refractivity contribution >= 4 is 5.91 Å². The van der Waals surface area contributed by atoms with Gasteiger partial charge in [0.1, 0.15) is 5.69 Å². The number of furan rings is 1. The van der Waals surface area contributed by atoms with Crippen molar-refractivity contribution < 1.29 is 14.3 Å². The molecule has 1 amide bonds. The molecule has 0 radical (unpaired) electrons. The molecule has 0 spiro atoms. The smallest absolute Gasteiger partial charge is 0.253 e. The molecule has 2 aromatic rings. The Labute approximate surface area is 135 Å². The zero-order valence-corrected chi connectivity index (χ0v) is 13.3. The van der Waals surface area contributed by atoms with E-state index in [4.69, 9.17) is 4.42 Å². The van der Waals surface area contributed by atoms with Gasteiger partial charge in [-0.25, -0.2) is 4.98 Å². The van der Waals surface area contributed by atoms with E-state index in [1.807, 2.05) is 6.07 Å². The molecular weight excluding hydrogens is 292 g/mol. The lowest BCUT2D eigenvalue weighted by Crippen LogP contribution is -2.44. The van der Waals surface area contributed by atoms with Crippen LogP contribution in [0.3, 0.4) is 0 Å². The second kappa shape index (κ2) is 6.54. The molecule has 0 aromatic carbocycles. The van der Waals surface area contributed by atoms with Crippen molar-refractivity contribution in [2.24, 2.45) is 0 Å². The number of pyridine rings is 1. The molecule has 2 aromatic heterocycles. The molecule has 5 heteroatoms. The van der Waals surface area contributed by atoms with Crippen molar-refractivity contribution in [1.29, 1.82) is 0 Å². The number of carbonyl (C=O) groups is 1. The van der Waals surface area contributed by atoms with E-state index in [1.165, 1.54) is 0 Å². The molecule has 0 aliphatic heterocycles. The molecule has 0 atom stereocenters. The van der Waals surface area contributed by atoms with Gasteiger partial charge in [0.05, 0.1) is 23.1 Å². The van der Waals surface area contributed by atoms with E-state index in [1.54, 1.807) is 31.4 Å². The van der Waals surface area contributed by atoms with Gasteiger partial charge in [-0.05, 0) is 44.0 Å². The minimum Gasteiger partial charge on any atom is -0.463 e. The van der Waals surface area contributed by atoms with Crippen LogP contribution in [-0.4, -0.2) is 28.1 Å². The molecule has 122 valence electrons. The summed E-state index contributed by atoms with van der Waals surface area (Å²) in [6, 6.07) is 7.16. The Bertz CT molecular complexity index is 674. The Balaban J connectivity index is 1.67. The molecule has 5 nitrogen and oxygen atoms in total. The van der Waals surface area contributed by atoms with E-state index in [9.17, 15) is 9.90 Å². The normalized spacial score (nSPS) is 17.0. The maximum Gasteiger partial charge on any atom is 0.253 e. The van der Waals surface area contributed by atoms with Gasteiger partial charge in [0, 0.05) is 6.54 Å². The number of aryl methyl sites for hydroxylation is 1. The highest BCUT2D eigenvalue weighted by Gasteiger charge is 2.29. The van der Waals surface area contributed by atoms with Crippen LogP contribution in [0.25, 0.3) is 11.5 Å². The number of hydrogen-bond acceptors (Lipinski definition) is 4. The molecule has 1 aliphatic rings. The van der Waals surface area contributed by atoms with E-state index >= 15 is 0 Å². The van der Waals surface area contributed by atoms with E-state index in [0.717, 1.165) is 32.1 Å². The quantitative estimate of drug-likeness (QED) is 0.909. The van der Waals surface area contributed by atoms with Crippen molar-refractivity contribution in [3.05, 3.63) is 41.8 Å². The summed E-state index contributed by atoms with van der Waals surface area (Å²) in [4.78, 5) is 16.8. The predicted octanol–water partition coefficient (Wildman–Crippen LogP) is 3.08. The second-order valence-corrected chi connectivity index (χ2v) is 6.27. The Morgan fingerprint density at radius 2 is 2.09 bits per heavy atom. The number of amides is 1. The maximum atomic E-state index is 12.4. The Morgan fingerprint density at radius 3 is 2.74 bits per heavy atom. The number of aliphatic hydroxyl groups is 1. The first kappa shape index (κ1) is 15.7. The fraction of sp³-hybridized carbons (Fsp3) is 0.444. The van der Waals surface area contributed by atoms with Crippen LogP contribution >= 0.6 is 0 Å². The van der Waals surface area contributed by atoms with Crippen LogP contribution in [0.4, 0.5) is 0 Å². The van der Waals surface area contributed by atoms with E-state index in [-0.39, 0.29) is 5.91 Å². The van der Waals surface area contributed by atoms with Gasteiger partial charge in [-0.15, -0.1) is 0 Å². The maximum absolute atomic E-state index is 12.4. The fourth-order valence-corrected chi connectivity index (χ4v) is 3.09. The van der Waals surface area contributed by atoms with Crippen molar-refractivity contribution in [3.63, 3.8) is 0 Å². The third kappa shape index (κ3) is 3.62. The van der Waals surface area contributed by atoms with Crippen LogP contribution in [-0.2, 0) is 0 Å². The van der Waals surface area contributed by atoms with E-state index in [0.29, 0.717) is 29.3 Å². The molecule has 23 heavy (non-hydrogen) atoms. The van der Waals surface area contributed by atoms with Crippen LogP contribution < -0.4 is 5.32 Å². The Hall–Kier alpha value is -2.14. The third-order valence-electron chi connectivity index (χ3n) is 4.47. The number of hydrogen-bond donors (Lipinski definition) is 2. The SMILES string of the molecule is Cc1nc(-c2ccco2)ccc1C(=O)NCC1(O)CCCCC1. The van der Waals surface area contributed by atoms with Gasteiger partial charge in [-0.2, -0.15) is 0 Å². The molecule has 3 rings (SSSR count). The van der Waals surface area contributed by atoms with Gasteiger partial charge in [0.25, 0.3) is 5.91 Å². The van der Waals surface area contributed by atoms with Crippen LogP contribution in [0, 0.1) is 6.92 Å². The predicted molar refractivity (Wildman–Crippen MR) is 87.0 cm³/mol. The largest absolute Gasteiger partial charge is 0.463 e. The van der Waals surface area contributed by atoms with Crippen LogP contribution in [0.15, 0.2) is 34.9 Å². The lowest BCUT2D eigenvalue weighted by atomic mass is 9.85. The van der Waals surface area contributed by atoms with Gasteiger partial charge in [0.15, 0.2) is 5.76 Å². The van der Waals surface area contributed by atoms with Crippen LogP contribution in [0.5, 0.6) is 0 Å². The average molecular weight is 314 g/mol. The first-order chi connectivity index (χ1) is 11.1. The van der Waals surface area contributed by atoms with Crippen LogP contribution in [0.2, 0.25) is 0 Å². The summed E-state index contributed by atoms with van der Waals surface area (Å²) in [7, 11) is 0. The van der Waals surface area contributed by atoms with Gasteiger partial charge < -0.3 is 14.8 Å². The minimum absolute atomic E-state index is 0.194. The van der Waals surface area contributed by atoms with Crippen molar-refractivity contribution in [2.75, 3.05) is 6.54 Å². The standard InChI is InChI=1S/C18H22N2O3/c1-13-14(7-8-15(20-13)16-6-5-11-23-16)17(21)19-12-18(22)9-3-2-4-10-18/h5-8,11,22H,2-4,9-10,12H2,1H3,(H,19,21). The molecule has 0 unspecified atom stereocenters. The molecule has 0 bridgehead atoms. The number of nitrogens with one attached hydrogen (secondary N) is 1. The summed E-state index contributed by atoms with van der Waals surface area (Å²) in [5.41, 5.74) is 1.12. The number of nitrogens with zero attached hydrogens (tertiary/aromatic N) is 1. The Morgan fingerprint density at radius 1 is 1.30 bits per heavy atom. The summed E-state index contributed by atoms with van der Waals surface area (Å²) >= 11 is 0. The fourth-order valence-electron chi connectivity index (χ4n) is 3.09. The zero-order chi connectivity index (χ0) is 16.3. The minimum atomic E-state index is -0.761. The molecule has 0 saturated heterocycles. The third-order valence-corrected chi connectivity index (χ3v) is 4.47. The van der Waals surface area contributed by atoms with Gasteiger partial charge in [-0.3, -0.25) is 4.79 Å². The second-order valence-electron chi connectivity index (χ2n) is 6.27. The monoisotopic (exact) mass is 314 g/mol. The summed E-state index contributed by atoms with van der Waals surface area (Å²) in [6.07, 6.45) is 6.30. The number of aromatic nitrogens is 1. The molecule has 2 N–H and O–H groups in total. The lowest BCUT2D eigenvalue weighted by Gasteiger charge is -2.32. The van der Waals surface area contributed by atoms with E-state index in [2.05, 4.69) is 10.3 Å². The molecule has 1 aliphatic carbocycles. The topological polar surface area (TPSA) is 75.4 Å². The Kier molecular flexibility index (Phi) is 4.48. The molecule has 1 saturated carbocycles. The lowest BCUT2D eigenvalue weighted by molar-refractivity contribution is 0.00524. The van der Waals surface area contributed by atoms with Crippen LogP contribution in [0.1, 0.15) is 48.2 Å². The first-order valence-corrected chi connectivity index (χ1v) is 8.10. The van der Waals surface area contributed by atoms with Crippen molar-refractivity contribution in [1.82, 2.24) is 10.3 Å². The highest BCUT2D eigenvalue weighted by molar-refractivity contribution is 5.95. The summed E-state index contributed by atoms with van der Waals surface area (Å²) in [5, 5.41) is 13.3. The summed E-state index contributed by atoms with van der Waals surface area (Å²) in [5.74, 6) is 0.483. The van der Waals surface area contributed by atoms with Crippen molar-refractivity contribution in [2.45, 2.75) is 44.6 Å². The molecular formula is C18H22N2O3. The highest BCUT2D eigenvalue weighted by Crippen LogP contribution is 2.27. The first-order valence-electron chi connectivity index (χ1n) is 8.10. The zero-order valence-electron chi connectivity index (χ0n) is 13.3.